The van der Waals surface area contributed by atoms with Crippen molar-refractivity contribution in [2.24, 2.45) is 0 Å². The quantitative estimate of drug-likeness (QED) is 0.488. The molecule has 0 saturated heterocycles. The fraction of sp³-hybridized carbons (Fsp3) is 0.250. The molecule has 0 radical (unpaired) electrons. The van der Waals surface area contributed by atoms with E-state index in [9.17, 15) is 0 Å². The molecule has 0 unspecified atom stereocenters. The minimum absolute atomic E-state index is 0. The molecule has 2 rings (SSSR count). The Bertz CT molecular complexity index is 332. The molecule has 0 bridgehead atoms. The third kappa shape index (κ3) is 3.87. The molecule has 0 spiro atoms. The van der Waals surface area contributed by atoms with Gasteiger partial charge in [0.1, 0.15) is 0 Å². The van der Waals surface area contributed by atoms with Crippen LogP contribution >= 0.6 is 0 Å². The van der Waals surface area contributed by atoms with Crippen LogP contribution in [0.25, 0.3) is 10.8 Å². The van der Waals surface area contributed by atoms with Crippen LogP contribution in [0.3, 0.4) is 0 Å². The summed E-state index contributed by atoms with van der Waals surface area (Å²) >= 11 is 0. The summed E-state index contributed by atoms with van der Waals surface area (Å²) < 4.78 is 0. The van der Waals surface area contributed by atoms with Gasteiger partial charge < -0.3 is 0 Å². The molecule has 0 aliphatic carbocycles. The Labute approximate surface area is 104 Å². The Morgan fingerprint density at radius 1 is 1.14 bits per heavy atom. The summed E-state index contributed by atoms with van der Waals surface area (Å²) in [5, 5.41) is 2.69. The van der Waals surface area contributed by atoms with Crippen LogP contribution in [0, 0.1) is 6.92 Å². The van der Waals surface area contributed by atoms with Crippen LogP contribution in [0.4, 0.5) is 0 Å². The molecule has 0 N–H and O–H groups in total. The fourth-order valence-electron chi connectivity index (χ4n) is 1.31. The largest absolute Gasteiger partial charge is 2.00 e. The van der Waals surface area contributed by atoms with E-state index in [2.05, 4.69) is 56.4 Å². The van der Waals surface area contributed by atoms with Crippen molar-refractivity contribution >= 4 is 20.3 Å². The zero-order valence-corrected chi connectivity index (χ0v) is 12.1. The van der Waals surface area contributed by atoms with Crippen molar-refractivity contribution in [3.8, 4) is 0 Å². The molecule has 0 fully saturated rings. The number of benzene rings is 1. The molecule has 0 atom stereocenters. The molecule has 0 aliphatic rings. The Kier molecular flexibility index (Phi) is 6.98. The summed E-state index contributed by atoms with van der Waals surface area (Å²) in [4.78, 5) is 0. The van der Waals surface area contributed by atoms with Gasteiger partial charge in [-0.2, -0.15) is 6.07 Å². The summed E-state index contributed by atoms with van der Waals surface area (Å²) in [6.45, 7) is 6.65. The van der Waals surface area contributed by atoms with Crippen molar-refractivity contribution in [2.45, 2.75) is 20.0 Å². The molecular formula is C12H17SiTi+. The molecule has 2 heteroatoms. The number of hydrogen-bond donors (Lipinski definition) is 0. The van der Waals surface area contributed by atoms with E-state index in [0.717, 1.165) is 0 Å². The SMILES string of the molecule is C[SiH2]C.Cc1cc2ccccc2[cH-]1.[Ti+2]. The van der Waals surface area contributed by atoms with Gasteiger partial charge in [-0.25, -0.2) is 0 Å². The summed E-state index contributed by atoms with van der Waals surface area (Å²) in [5.41, 5.74) is 1.35. The van der Waals surface area contributed by atoms with Crippen LogP contribution in [0.1, 0.15) is 5.56 Å². The van der Waals surface area contributed by atoms with Crippen LogP contribution in [0.15, 0.2) is 36.4 Å². The van der Waals surface area contributed by atoms with Crippen LogP contribution in [0.5, 0.6) is 0 Å². The van der Waals surface area contributed by atoms with E-state index in [1.807, 2.05) is 0 Å². The first-order valence-corrected chi connectivity index (χ1v) is 7.72. The molecule has 0 nitrogen and oxygen atoms in total. The van der Waals surface area contributed by atoms with E-state index >= 15 is 0 Å². The molecule has 2 aromatic rings. The van der Waals surface area contributed by atoms with Gasteiger partial charge >= 0.3 is 21.7 Å². The van der Waals surface area contributed by atoms with Crippen molar-refractivity contribution in [2.75, 3.05) is 0 Å². The fourth-order valence-corrected chi connectivity index (χ4v) is 1.31. The van der Waals surface area contributed by atoms with Gasteiger partial charge in [-0.1, -0.05) is 26.1 Å². The summed E-state index contributed by atoms with van der Waals surface area (Å²) in [6, 6.07) is 12.8. The van der Waals surface area contributed by atoms with Crippen molar-refractivity contribution in [1.29, 1.82) is 0 Å². The number of hydrogen-bond acceptors (Lipinski definition) is 0. The minimum atomic E-state index is 0. The summed E-state index contributed by atoms with van der Waals surface area (Å²) in [5.74, 6) is 0. The van der Waals surface area contributed by atoms with Crippen molar-refractivity contribution in [1.82, 2.24) is 0 Å². The van der Waals surface area contributed by atoms with Gasteiger partial charge in [0, 0.05) is 9.52 Å². The van der Waals surface area contributed by atoms with Crippen LogP contribution < -0.4 is 0 Å². The predicted molar refractivity (Wildman–Crippen MR) is 64.6 cm³/mol. The first kappa shape index (κ1) is 13.8. The van der Waals surface area contributed by atoms with E-state index in [4.69, 9.17) is 0 Å². The first-order valence-electron chi connectivity index (χ1n) is 4.90. The van der Waals surface area contributed by atoms with Gasteiger partial charge in [-0.15, -0.1) is 40.6 Å². The Balaban J connectivity index is 0.000000381. The molecule has 0 aromatic heterocycles. The second-order valence-electron chi connectivity index (χ2n) is 3.37. The van der Waals surface area contributed by atoms with E-state index in [1.54, 1.807) is 0 Å². The van der Waals surface area contributed by atoms with Gasteiger partial charge in [0.25, 0.3) is 0 Å². The molecule has 0 saturated carbocycles. The Hall–Kier alpha value is -0.239. The number of fused-ring (bicyclic) bond motifs is 1. The van der Waals surface area contributed by atoms with E-state index in [0.29, 0.717) is 9.52 Å². The molecule has 0 amide bonds. The van der Waals surface area contributed by atoms with Crippen molar-refractivity contribution in [3.05, 3.63) is 42.0 Å². The van der Waals surface area contributed by atoms with E-state index in [-0.39, 0.29) is 21.7 Å². The van der Waals surface area contributed by atoms with Crippen LogP contribution in [-0.4, -0.2) is 9.52 Å². The van der Waals surface area contributed by atoms with Gasteiger partial charge in [-0.05, 0) is 0 Å². The van der Waals surface area contributed by atoms with Crippen LogP contribution in [-0.2, 0) is 21.7 Å². The monoisotopic (exact) mass is 237 g/mol. The standard InChI is InChI=1S/C10H9.C2H8Si.Ti/c1-8-6-9-4-2-3-5-10(9)7-8;1-3-2;/h2-7H,1H3;3H2,1-2H3;/q-1;;+2. The molecule has 0 heterocycles. The third-order valence-electron chi connectivity index (χ3n) is 1.76. The van der Waals surface area contributed by atoms with Gasteiger partial charge in [0.15, 0.2) is 0 Å². The number of aryl methyl sites for hydroxylation is 1. The topological polar surface area (TPSA) is 0 Å². The molecule has 0 aliphatic heterocycles. The maximum atomic E-state index is 2.26. The maximum absolute atomic E-state index is 2.26. The average molecular weight is 237 g/mol. The molecule has 14 heavy (non-hydrogen) atoms. The van der Waals surface area contributed by atoms with Crippen molar-refractivity contribution < 1.29 is 21.7 Å². The Morgan fingerprint density at radius 2 is 1.71 bits per heavy atom. The maximum Gasteiger partial charge on any atom is 2.00 e. The van der Waals surface area contributed by atoms with Gasteiger partial charge in [0.05, 0.1) is 0 Å². The molecular weight excluding hydrogens is 220 g/mol. The van der Waals surface area contributed by atoms with E-state index < -0.39 is 0 Å². The predicted octanol–water partition coefficient (Wildman–Crippen LogP) is 3.12. The second kappa shape index (κ2) is 7.11. The first-order chi connectivity index (χ1) is 6.27. The normalized spacial score (nSPS) is 8.79. The van der Waals surface area contributed by atoms with E-state index in [1.165, 1.54) is 16.3 Å². The van der Waals surface area contributed by atoms with Crippen LogP contribution in [0.2, 0.25) is 13.1 Å². The third-order valence-corrected chi connectivity index (χ3v) is 1.76. The molecule has 2 aromatic carbocycles. The average Bonchev–Trinajstić information content (AvgIpc) is 2.45. The second-order valence-corrected chi connectivity index (χ2v) is 4.78. The zero-order chi connectivity index (χ0) is 9.68. The smallest absolute Gasteiger partial charge is 0.165 e. The Morgan fingerprint density at radius 3 is 2.29 bits per heavy atom. The number of rotatable bonds is 0. The van der Waals surface area contributed by atoms with Gasteiger partial charge in [-0.3, -0.25) is 0 Å². The van der Waals surface area contributed by atoms with Crippen molar-refractivity contribution in [3.63, 3.8) is 0 Å². The van der Waals surface area contributed by atoms with Gasteiger partial charge in [0.2, 0.25) is 0 Å². The minimum Gasteiger partial charge on any atom is -0.165 e. The summed E-state index contributed by atoms with van der Waals surface area (Å²) in [7, 11) is 0.417. The summed E-state index contributed by atoms with van der Waals surface area (Å²) in [6.07, 6.45) is 0. The zero-order valence-electron chi connectivity index (χ0n) is 9.17. The molecule has 72 valence electrons.